The van der Waals surface area contributed by atoms with E-state index in [1.807, 2.05) is 0 Å². The molecule has 1 aliphatic carbocycles. The van der Waals surface area contributed by atoms with Gasteiger partial charge in [-0.2, -0.15) is 0 Å². The second kappa shape index (κ2) is 3.95. The monoisotopic (exact) mass is 229 g/mol. The van der Waals surface area contributed by atoms with E-state index in [4.69, 9.17) is 0 Å². The lowest BCUT2D eigenvalue weighted by Crippen LogP contribution is -2.40. The smallest absolute Gasteiger partial charge is 0.163 e. The maximum Gasteiger partial charge on any atom is 0.163 e. The molecular weight excluding hydrogens is 210 g/mol. The Morgan fingerprint density at radius 3 is 3.00 bits per heavy atom. The normalized spacial score (nSPS) is 28.7. The highest BCUT2D eigenvalue weighted by molar-refractivity contribution is 6.00. The Kier molecular flexibility index (Phi) is 2.55. The maximum absolute atomic E-state index is 12.2. The minimum atomic E-state index is 0.365. The summed E-state index contributed by atoms with van der Waals surface area (Å²) in [6.45, 7) is 4.30. The van der Waals surface area contributed by atoms with Gasteiger partial charge >= 0.3 is 0 Å². The topological polar surface area (TPSA) is 20.3 Å². The Labute approximate surface area is 103 Å². The number of piperidine rings is 1. The van der Waals surface area contributed by atoms with E-state index >= 15 is 0 Å². The van der Waals surface area contributed by atoms with Crippen LogP contribution in [0.25, 0.3) is 0 Å². The molecule has 0 spiro atoms. The van der Waals surface area contributed by atoms with Crippen molar-refractivity contribution in [2.45, 2.75) is 25.7 Å². The number of hydrogen-bond donors (Lipinski definition) is 0. The number of likely N-dealkylation sites (tertiary alicyclic amines) is 1. The van der Waals surface area contributed by atoms with E-state index < -0.39 is 0 Å². The summed E-state index contributed by atoms with van der Waals surface area (Å²) in [6.07, 6.45) is 1.93. The van der Waals surface area contributed by atoms with Crippen LogP contribution in [-0.4, -0.2) is 30.8 Å². The highest BCUT2D eigenvalue weighted by atomic mass is 16.1. The Bertz CT molecular complexity index is 466. The van der Waals surface area contributed by atoms with Gasteiger partial charge < -0.3 is 4.90 Å². The summed E-state index contributed by atoms with van der Waals surface area (Å²) < 4.78 is 0. The lowest BCUT2D eigenvalue weighted by molar-refractivity contribution is 0.0886. The second-order valence-electron chi connectivity index (χ2n) is 5.58. The van der Waals surface area contributed by atoms with Crippen LogP contribution in [0.3, 0.4) is 0 Å². The molecule has 0 saturated carbocycles. The van der Waals surface area contributed by atoms with Gasteiger partial charge in [-0.25, -0.2) is 0 Å². The third kappa shape index (κ3) is 1.71. The quantitative estimate of drug-likeness (QED) is 0.681. The third-order valence-electron chi connectivity index (χ3n) is 4.39. The van der Waals surface area contributed by atoms with Crippen molar-refractivity contribution in [1.82, 2.24) is 4.90 Å². The third-order valence-corrected chi connectivity index (χ3v) is 4.39. The summed E-state index contributed by atoms with van der Waals surface area (Å²) in [6, 6.07) is 6.32. The van der Waals surface area contributed by atoms with Crippen LogP contribution < -0.4 is 0 Å². The van der Waals surface area contributed by atoms with Gasteiger partial charge in [0.15, 0.2) is 5.78 Å². The van der Waals surface area contributed by atoms with Gasteiger partial charge in [0.2, 0.25) is 0 Å². The summed E-state index contributed by atoms with van der Waals surface area (Å²) in [7, 11) is 2.18. The Morgan fingerprint density at radius 1 is 1.35 bits per heavy atom. The van der Waals surface area contributed by atoms with Crippen LogP contribution in [0.1, 0.15) is 40.2 Å². The molecule has 1 aromatic carbocycles. The largest absolute Gasteiger partial charge is 0.306 e. The first-order valence-electron chi connectivity index (χ1n) is 6.48. The van der Waals surface area contributed by atoms with E-state index in [0.29, 0.717) is 17.6 Å². The van der Waals surface area contributed by atoms with Crippen molar-refractivity contribution in [2.75, 3.05) is 20.1 Å². The Hall–Kier alpha value is -1.15. The summed E-state index contributed by atoms with van der Waals surface area (Å²) in [5.41, 5.74) is 3.47. The number of nitrogens with zero attached hydrogens (tertiary/aromatic N) is 1. The summed E-state index contributed by atoms with van der Waals surface area (Å²) >= 11 is 0. The second-order valence-corrected chi connectivity index (χ2v) is 5.58. The van der Waals surface area contributed by atoms with Crippen molar-refractivity contribution in [3.8, 4) is 0 Å². The van der Waals surface area contributed by atoms with Crippen molar-refractivity contribution in [1.29, 1.82) is 0 Å². The van der Waals surface area contributed by atoms with Gasteiger partial charge in [-0.3, -0.25) is 4.79 Å². The fourth-order valence-electron chi connectivity index (χ4n) is 3.48. The lowest BCUT2D eigenvalue weighted by atomic mass is 9.70. The van der Waals surface area contributed by atoms with E-state index in [-0.39, 0.29) is 0 Å². The zero-order chi connectivity index (χ0) is 12.0. The van der Waals surface area contributed by atoms with Crippen LogP contribution in [0.5, 0.6) is 0 Å². The number of aryl methyl sites for hydroxylation is 1. The number of fused-ring (bicyclic) bond motifs is 3. The summed E-state index contributed by atoms with van der Waals surface area (Å²) in [5, 5.41) is 0. The molecule has 0 amide bonds. The van der Waals surface area contributed by atoms with Crippen LogP contribution in [0.15, 0.2) is 18.2 Å². The van der Waals surface area contributed by atoms with Crippen LogP contribution in [0, 0.1) is 12.8 Å². The summed E-state index contributed by atoms with van der Waals surface area (Å²) in [5.74, 6) is 1.51. The summed E-state index contributed by atoms with van der Waals surface area (Å²) in [4.78, 5) is 14.6. The van der Waals surface area contributed by atoms with Crippen LogP contribution >= 0.6 is 0 Å². The van der Waals surface area contributed by atoms with E-state index in [2.05, 4.69) is 37.1 Å². The number of carbonyl (C=O) groups is 1. The van der Waals surface area contributed by atoms with Crippen molar-refractivity contribution < 1.29 is 4.79 Å². The average molecular weight is 229 g/mol. The fourth-order valence-corrected chi connectivity index (χ4v) is 3.48. The van der Waals surface area contributed by atoms with Crippen molar-refractivity contribution in [2.24, 2.45) is 5.92 Å². The number of benzene rings is 1. The predicted molar refractivity (Wildman–Crippen MR) is 68.5 cm³/mol. The molecule has 2 nitrogen and oxygen atoms in total. The maximum atomic E-state index is 12.2. The zero-order valence-electron chi connectivity index (χ0n) is 10.6. The van der Waals surface area contributed by atoms with Crippen LogP contribution in [0.4, 0.5) is 0 Å². The first-order chi connectivity index (χ1) is 8.16. The minimum absolute atomic E-state index is 0.365. The number of ketones is 1. The van der Waals surface area contributed by atoms with E-state index in [1.54, 1.807) is 0 Å². The SMILES string of the molecule is Cc1cccc2c1C(=O)C[C@@H]1CCN(C)C[C@H]21. The average Bonchev–Trinajstić information content (AvgIpc) is 2.30. The first-order valence-corrected chi connectivity index (χ1v) is 6.48. The molecule has 0 radical (unpaired) electrons. The molecule has 2 heteroatoms. The standard InChI is InChI=1S/C15H19NO/c1-10-4-3-5-12-13-9-16(2)7-6-11(13)8-14(17)15(10)12/h3-5,11,13H,6-9H2,1-2H3/t11-,13-/m0/s1. The molecular formula is C15H19NO. The Morgan fingerprint density at radius 2 is 2.18 bits per heavy atom. The van der Waals surface area contributed by atoms with Crippen LogP contribution in [-0.2, 0) is 0 Å². The molecule has 2 aliphatic rings. The van der Waals surface area contributed by atoms with Gasteiger partial charge in [0.1, 0.15) is 0 Å². The van der Waals surface area contributed by atoms with Gasteiger partial charge in [-0.15, -0.1) is 0 Å². The molecule has 2 atom stereocenters. The number of rotatable bonds is 0. The molecule has 1 fully saturated rings. The highest BCUT2D eigenvalue weighted by Crippen LogP contribution is 2.41. The van der Waals surface area contributed by atoms with Crippen molar-refractivity contribution in [3.05, 3.63) is 34.9 Å². The molecule has 1 aliphatic heterocycles. The number of hydrogen-bond acceptors (Lipinski definition) is 2. The van der Waals surface area contributed by atoms with Gasteiger partial charge in [0.05, 0.1) is 0 Å². The lowest BCUT2D eigenvalue weighted by Gasteiger charge is -2.40. The molecule has 0 aromatic heterocycles. The van der Waals surface area contributed by atoms with Gasteiger partial charge in [-0.05, 0) is 44.0 Å². The fraction of sp³-hybridized carbons (Fsp3) is 0.533. The minimum Gasteiger partial charge on any atom is -0.306 e. The number of carbonyl (C=O) groups excluding carboxylic acids is 1. The Balaban J connectivity index is 2.08. The van der Waals surface area contributed by atoms with E-state index in [1.165, 1.54) is 12.0 Å². The highest BCUT2D eigenvalue weighted by Gasteiger charge is 2.37. The van der Waals surface area contributed by atoms with Crippen molar-refractivity contribution in [3.63, 3.8) is 0 Å². The molecule has 3 rings (SSSR count). The number of Topliss-reactive ketones (excluding diaryl/α,β-unsaturated/α-hetero) is 1. The first kappa shape index (κ1) is 11.0. The molecule has 1 saturated heterocycles. The van der Waals surface area contributed by atoms with Gasteiger partial charge in [0, 0.05) is 24.4 Å². The number of likely N-dealkylation sites (N-methyl/N-ethyl adjacent to an activating group) is 1. The zero-order valence-corrected chi connectivity index (χ0v) is 10.6. The molecule has 1 heterocycles. The van der Waals surface area contributed by atoms with E-state index in [9.17, 15) is 4.79 Å². The predicted octanol–water partition coefficient (Wildman–Crippen LogP) is 2.62. The molecule has 90 valence electrons. The van der Waals surface area contributed by atoms with Gasteiger partial charge in [-0.1, -0.05) is 18.2 Å². The van der Waals surface area contributed by atoms with E-state index in [0.717, 1.165) is 30.6 Å². The molecule has 1 aromatic rings. The molecule has 0 unspecified atom stereocenters. The molecule has 17 heavy (non-hydrogen) atoms. The molecule has 0 N–H and O–H groups in total. The van der Waals surface area contributed by atoms with Gasteiger partial charge in [0.25, 0.3) is 0 Å². The van der Waals surface area contributed by atoms with Crippen molar-refractivity contribution >= 4 is 5.78 Å². The van der Waals surface area contributed by atoms with Crippen LogP contribution in [0.2, 0.25) is 0 Å². The molecule has 0 bridgehead atoms.